The maximum Gasteiger partial charge on any atom is 0.264 e. The van der Waals surface area contributed by atoms with Crippen LogP contribution >= 0.6 is 11.6 Å². The van der Waals surface area contributed by atoms with E-state index in [1.807, 2.05) is 24.3 Å². The minimum absolute atomic E-state index is 0.116. The van der Waals surface area contributed by atoms with Gasteiger partial charge < -0.3 is 19.5 Å². The van der Waals surface area contributed by atoms with Gasteiger partial charge in [-0.2, -0.15) is 0 Å². The van der Waals surface area contributed by atoms with Gasteiger partial charge in [-0.15, -0.1) is 0 Å². The Labute approximate surface area is 266 Å². The van der Waals surface area contributed by atoms with Gasteiger partial charge in [0, 0.05) is 30.8 Å². The van der Waals surface area contributed by atoms with Crippen molar-refractivity contribution in [3.8, 4) is 5.75 Å². The van der Waals surface area contributed by atoms with Crippen molar-refractivity contribution in [3.05, 3.63) is 70.3 Å². The summed E-state index contributed by atoms with van der Waals surface area (Å²) in [6, 6.07) is 11.1. The third-order valence-electron chi connectivity index (χ3n) is 9.48. The van der Waals surface area contributed by atoms with Crippen LogP contribution in [0.3, 0.4) is 0 Å². The lowest BCUT2D eigenvalue weighted by Crippen LogP contribution is -2.44. The molecule has 1 saturated carbocycles. The van der Waals surface area contributed by atoms with Crippen molar-refractivity contribution < 1.29 is 27.8 Å². The first-order valence-electron chi connectivity index (χ1n) is 15.8. The summed E-state index contributed by atoms with van der Waals surface area (Å²) >= 11 is 6.32. The number of methoxy groups -OCH3 is 1. The Morgan fingerprint density at radius 2 is 1.95 bits per heavy atom. The number of halogens is 1. The standard InChI is InChI=1S/C34H45ClN2O6S/c1-22(38)16-24-7-13-32(42-3)30-12-9-27(30)20-37-15-5-4-6-25-18-29(35)11-8-28(25)21-43-33-14-10-26(19-31(33)37)34(39)36-44(40,41)23(2)17-24/h7-8,10-11,13-14,18-19,22-24,27,30,32,38H,4-6,9,12,15-17,20-21H2,1-3H3,(H,36,39)/b13-7+/t22-,23+,24+,27-,30+,32-/m0/s1. The number of hydrogen-bond acceptors (Lipinski definition) is 7. The number of aliphatic hydroxyl groups excluding tert-OH is 1. The number of carbonyl (C=O) groups is 1. The Hall–Kier alpha value is -2.59. The fourth-order valence-electron chi connectivity index (χ4n) is 6.81. The molecule has 44 heavy (non-hydrogen) atoms. The third-order valence-corrected chi connectivity index (χ3v) is 11.4. The topological polar surface area (TPSA) is 105 Å². The van der Waals surface area contributed by atoms with Crippen LogP contribution in [0, 0.1) is 17.8 Å². The van der Waals surface area contributed by atoms with Gasteiger partial charge >= 0.3 is 0 Å². The fourth-order valence-corrected chi connectivity index (χ4v) is 8.09. The van der Waals surface area contributed by atoms with Crippen molar-refractivity contribution in [1.82, 2.24) is 4.72 Å². The molecular weight excluding hydrogens is 600 g/mol. The number of nitrogens with zero attached hydrogens (tertiary/aromatic N) is 1. The molecule has 2 aliphatic heterocycles. The molecule has 3 aliphatic rings. The van der Waals surface area contributed by atoms with Gasteiger partial charge in [0.15, 0.2) is 0 Å². The predicted molar refractivity (Wildman–Crippen MR) is 174 cm³/mol. The van der Waals surface area contributed by atoms with E-state index in [2.05, 4.69) is 15.7 Å². The van der Waals surface area contributed by atoms with E-state index in [1.54, 1.807) is 39.2 Å². The number of fused-ring (bicyclic) bond motifs is 3. The van der Waals surface area contributed by atoms with Gasteiger partial charge in [-0.25, -0.2) is 13.1 Å². The van der Waals surface area contributed by atoms with Crippen molar-refractivity contribution in [2.24, 2.45) is 17.8 Å². The first kappa shape index (κ1) is 32.8. The normalized spacial score (nSPS) is 29.0. The van der Waals surface area contributed by atoms with E-state index < -0.39 is 27.3 Å². The Kier molecular flexibility index (Phi) is 10.6. The van der Waals surface area contributed by atoms with Crippen molar-refractivity contribution in [3.63, 3.8) is 0 Å². The van der Waals surface area contributed by atoms with E-state index in [4.69, 9.17) is 21.1 Å². The van der Waals surface area contributed by atoms with Crippen LogP contribution in [0.2, 0.25) is 5.02 Å². The lowest BCUT2D eigenvalue weighted by Gasteiger charge is -2.43. The number of sulfonamides is 1. The molecule has 10 heteroatoms. The predicted octanol–water partition coefficient (Wildman–Crippen LogP) is 5.90. The Morgan fingerprint density at radius 1 is 1.14 bits per heavy atom. The first-order chi connectivity index (χ1) is 21.0. The van der Waals surface area contributed by atoms with Gasteiger partial charge in [-0.05, 0) is 118 Å². The summed E-state index contributed by atoms with van der Waals surface area (Å²) in [4.78, 5) is 15.7. The van der Waals surface area contributed by atoms with Gasteiger partial charge in [0.05, 0.1) is 23.1 Å². The van der Waals surface area contributed by atoms with E-state index >= 15 is 0 Å². The van der Waals surface area contributed by atoms with Crippen molar-refractivity contribution in [2.45, 2.75) is 82.9 Å². The molecule has 2 aromatic carbocycles. The number of carbonyl (C=O) groups excluding carboxylic acids is 1. The average molecular weight is 645 g/mol. The summed E-state index contributed by atoms with van der Waals surface area (Å²) < 4.78 is 41.4. The quantitative estimate of drug-likeness (QED) is 0.401. The van der Waals surface area contributed by atoms with E-state index in [0.717, 1.165) is 56.4 Å². The van der Waals surface area contributed by atoms with Crippen molar-refractivity contribution >= 4 is 33.2 Å². The first-order valence-corrected chi connectivity index (χ1v) is 17.7. The average Bonchev–Trinajstić information content (AvgIpc) is 2.99. The summed E-state index contributed by atoms with van der Waals surface area (Å²) in [5, 5.41) is 10.0. The Balaban J connectivity index is 1.53. The van der Waals surface area contributed by atoms with Crippen LogP contribution in [-0.2, 0) is 27.8 Å². The number of ether oxygens (including phenoxy) is 2. The molecule has 1 amide bonds. The number of amides is 1. The van der Waals surface area contributed by atoms with Crippen LogP contribution in [-0.4, -0.2) is 57.1 Å². The SMILES string of the molecule is CO[C@H]1/C=C/[C@H](C[C@H](C)O)C[C@@H](C)S(=O)(=O)NC(=O)c2ccc3c(c2)N(CCCCc2cc(Cl)ccc2CO3)C[C@@H]2CC[C@H]21. The summed E-state index contributed by atoms with van der Waals surface area (Å²) in [7, 11) is -2.26. The third kappa shape index (κ3) is 7.79. The van der Waals surface area contributed by atoms with Crippen LogP contribution < -0.4 is 14.4 Å². The molecule has 2 bridgehead atoms. The second-order valence-corrected chi connectivity index (χ2v) is 15.3. The number of allylic oxidation sites excluding steroid dienone is 1. The molecule has 1 fully saturated rings. The zero-order valence-electron chi connectivity index (χ0n) is 25.9. The van der Waals surface area contributed by atoms with Crippen molar-refractivity contribution in [1.29, 1.82) is 0 Å². The second-order valence-electron chi connectivity index (χ2n) is 12.7. The molecule has 0 unspecified atom stereocenters. The zero-order valence-corrected chi connectivity index (χ0v) is 27.4. The molecule has 0 radical (unpaired) electrons. The Morgan fingerprint density at radius 3 is 2.68 bits per heavy atom. The number of hydrogen-bond donors (Lipinski definition) is 2. The summed E-state index contributed by atoms with van der Waals surface area (Å²) in [6.07, 6.45) is 8.94. The highest BCUT2D eigenvalue weighted by Gasteiger charge is 2.38. The molecule has 1 aliphatic carbocycles. The summed E-state index contributed by atoms with van der Waals surface area (Å²) in [6.45, 7) is 5.21. The number of nitrogens with one attached hydrogen (secondary N) is 1. The molecule has 6 atom stereocenters. The van der Waals surface area contributed by atoms with Crippen LogP contribution in [0.4, 0.5) is 5.69 Å². The van der Waals surface area contributed by atoms with Crippen LogP contribution in [0.1, 0.15) is 73.9 Å². The van der Waals surface area contributed by atoms with E-state index in [1.165, 1.54) is 5.56 Å². The molecule has 2 heterocycles. The molecule has 8 nitrogen and oxygen atoms in total. The molecule has 5 rings (SSSR count). The van der Waals surface area contributed by atoms with E-state index in [-0.39, 0.29) is 24.0 Å². The molecule has 0 aromatic heterocycles. The summed E-state index contributed by atoms with van der Waals surface area (Å²) in [5.41, 5.74) is 3.31. The molecule has 2 N–H and O–H groups in total. The van der Waals surface area contributed by atoms with Gasteiger partial charge in [-0.1, -0.05) is 29.8 Å². The minimum Gasteiger partial charge on any atom is -0.487 e. The zero-order chi connectivity index (χ0) is 31.4. The van der Waals surface area contributed by atoms with Crippen molar-refractivity contribution in [2.75, 3.05) is 25.1 Å². The van der Waals surface area contributed by atoms with Crippen LogP contribution in [0.5, 0.6) is 5.75 Å². The highest BCUT2D eigenvalue weighted by atomic mass is 35.5. The summed E-state index contributed by atoms with van der Waals surface area (Å²) in [5.74, 6) is 0.483. The lowest BCUT2D eigenvalue weighted by molar-refractivity contribution is 0.0132. The molecular formula is C34H45ClN2O6S. The van der Waals surface area contributed by atoms with Crippen LogP contribution in [0.15, 0.2) is 48.6 Å². The van der Waals surface area contributed by atoms with Gasteiger partial charge in [0.2, 0.25) is 10.0 Å². The number of anilines is 1. The minimum atomic E-state index is -3.98. The maximum absolute atomic E-state index is 13.4. The lowest BCUT2D eigenvalue weighted by atomic mass is 9.70. The highest BCUT2D eigenvalue weighted by molar-refractivity contribution is 7.90. The van der Waals surface area contributed by atoms with Gasteiger partial charge in [0.25, 0.3) is 5.91 Å². The van der Waals surface area contributed by atoms with Gasteiger partial charge in [0.1, 0.15) is 12.4 Å². The number of aliphatic hydroxyl groups is 1. The number of rotatable bonds is 3. The molecule has 0 saturated heterocycles. The molecule has 0 spiro atoms. The van der Waals surface area contributed by atoms with Crippen LogP contribution in [0.25, 0.3) is 0 Å². The van der Waals surface area contributed by atoms with E-state index in [9.17, 15) is 18.3 Å². The van der Waals surface area contributed by atoms with E-state index in [0.29, 0.717) is 35.6 Å². The monoisotopic (exact) mass is 644 g/mol. The number of benzene rings is 2. The highest BCUT2D eigenvalue weighted by Crippen LogP contribution is 2.42. The van der Waals surface area contributed by atoms with Gasteiger partial charge in [-0.3, -0.25) is 4.79 Å². The Bertz CT molecular complexity index is 1460. The smallest absolute Gasteiger partial charge is 0.264 e. The fraction of sp³-hybridized carbons (Fsp3) is 0.559. The molecule has 2 aromatic rings. The maximum atomic E-state index is 13.4. The largest absolute Gasteiger partial charge is 0.487 e. The molecule has 240 valence electrons. The number of aryl methyl sites for hydroxylation is 1. The second kappa shape index (κ2) is 14.2.